The molecule has 0 aliphatic rings. The first-order chi connectivity index (χ1) is 13.9. The standard InChI is InChI=1S/C19H22N4O4S2/c1-3-23(4-2)29(25,26)15-8-5-7-14(13-15)20-17(24)10-11-18-21-19(22-27-18)16-9-6-12-28-16/h5-9,12-13H,3-4,10-11H2,1-2H3,(H,20,24). The number of hydrogen-bond acceptors (Lipinski definition) is 7. The van der Waals surface area contributed by atoms with Gasteiger partial charge in [0.15, 0.2) is 0 Å². The van der Waals surface area contributed by atoms with Crippen LogP contribution in [0.1, 0.15) is 26.2 Å². The molecule has 0 atom stereocenters. The number of thiophene rings is 1. The first kappa shape index (κ1) is 21.2. The molecule has 0 saturated heterocycles. The van der Waals surface area contributed by atoms with Gasteiger partial charge in [0, 0.05) is 31.6 Å². The highest BCUT2D eigenvalue weighted by molar-refractivity contribution is 7.89. The number of hydrogen-bond donors (Lipinski definition) is 1. The van der Waals surface area contributed by atoms with Gasteiger partial charge in [-0.15, -0.1) is 11.3 Å². The van der Waals surface area contributed by atoms with Crippen LogP contribution in [0, 0.1) is 0 Å². The van der Waals surface area contributed by atoms with Gasteiger partial charge in [-0.05, 0) is 29.6 Å². The predicted octanol–water partition coefficient (Wildman–Crippen LogP) is 3.40. The number of carbonyl (C=O) groups excluding carboxylic acids is 1. The Balaban J connectivity index is 1.61. The molecule has 154 valence electrons. The largest absolute Gasteiger partial charge is 0.339 e. The Labute approximate surface area is 173 Å². The monoisotopic (exact) mass is 434 g/mol. The van der Waals surface area contributed by atoms with Crippen molar-refractivity contribution < 1.29 is 17.7 Å². The lowest BCUT2D eigenvalue weighted by Crippen LogP contribution is -2.30. The van der Waals surface area contributed by atoms with E-state index >= 15 is 0 Å². The minimum absolute atomic E-state index is 0.138. The summed E-state index contributed by atoms with van der Waals surface area (Å²) in [7, 11) is -3.58. The maximum absolute atomic E-state index is 12.6. The Morgan fingerprint density at radius 3 is 2.69 bits per heavy atom. The lowest BCUT2D eigenvalue weighted by molar-refractivity contribution is -0.116. The van der Waals surface area contributed by atoms with Crippen LogP contribution in [0.15, 0.2) is 51.2 Å². The van der Waals surface area contributed by atoms with Gasteiger partial charge in [-0.2, -0.15) is 9.29 Å². The number of nitrogens with zero attached hydrogens (tertiary/aromatic N) is 3. The zero-order valence-electron chi connectivity index (χ0n) is 16.2. The van der Waals surface area contributed by atoms with E-state index < -0.39 is 10.0 Å². The predicted molar refractivity (Wildman–Crippen MR) is 111 cm³/mol. The molecule has 0 bridgehead atoms. The van der Waals surface area contributed by atoms with Gasteiger partial charge in [0.25, 0.3) is 0 Å². The van der Waals surface area contributed by atoms with Crippen molar-refractivity contribution in [2.75, 3.05) is 18.4 Å². The molecule has 0 spiro atoms. The van der Waals surface area contributed by atoms with E-state index in [-0.39, 0.29) is 17.2 Å². The lowest BCUT2D eigenvalue weighted by Gasteiger charge is -2.18. The van der Waals surface area contributed by atoms with Crippen molar-refractivity contribution in [1.29, 1.82) is 0 Å². The fourth-order valence-electron chi connectivity index (χ4n) is 2.75. The zero-order chi connectivity index (χ0) is 20.9. The molecule has 1 N–H and O–H groups in total. The Morgan fingerprint density at radius 1 is 1.21 bits per heavy atom. The van der Waals surface area contributed by atoms with Gasteiger partial charge in [0.1, 0.15) is 0 Å². The number of aromatic nitrogens is 2. The number of nitrogens with one attached hydrogen (secondary N) is 1. The molecule has 10 heteroatoms. The van der Waals surface area contributed by atoms with E-state index in [1.807, 2.05) is 17.5 Å². The first-order valence-corrected chi connectivity index (χ1v) is 11.5. The molecule has 3 rings (SSSR count). The highest BCUT2D eigenvalue weighted by Gasteiger charge is 2.22. The van der Waals surface area contributed by atoms with Crippen molar-refractivity contribution in [1.82, 2.24) is 14.4 Å². The molecule has 2 heterocycles. The van der Waals surface area contributed by atoms with Crippen molar-refractivity contribution in [2.45, 2.75) is 31.6 Å². The van der Waals surface area contributed by atoms with Crippen molar-refractivity contribution in [3.63, 3.8) is 0 Å². The third kappa shape index (κ3) is 5.08. The second-order valence-electron chi connectivity index (χ2n) is 6.15. The Hall–Kier alpha value is -2.56. The smallest absolute Gasteiger partial charge is 0.243 e. The minimum atomic E-state index is -3.58. The van der Waals surface area contributed by atoms with Gasteiger partial charge in [0.2, 0.25) is 27.6 Å². The fourth-order valence-corrected chi connectivity index (χ4v) is 4.91. The average Bonchev–Trinajstić information content (AvgIpc) is 3.39. The molecule has 8 nitrogen and oxygen atoms in total. The molecular weight excluding hydrogens is 412 g/mol. The maximum atomic E-state index is 12.6. The van der Waals surface area contributed by atoms with Crippen LogP contribution in [0.5, 0.6) is 0 Å². The minimum Gasteiger partial charge on any atom is -0.339 e. The second kappa shape index (κ2) is 9.29. The van der Waals surface area contributed by atoms with E-state index in [2.05, 4.69) is 15.5 Å². The third-order valence-corrected chi connectivity index (χ3v) is 7.15. The first-order valence-electron chi connectivity index (χ1n) is 9.20. The van der Waals surface area contributed by atoms with Gasteiger partial charge in [-0.3, -0.25) is 4.79 Å². The fraction of sp³-hybridized carbons (Fsp3) is 0.316. The van der Waals surface area contributed by atoms with E-state index in [0.717, 1.165) is 4.88 Å². The molecular formula is C19H22N4O4S2. The molecule has 0 saturated carbocycles. The molecule has 29 heavy (non-hydrogen) atoms. The van der Waals surface area contributed by atoms with Crippen LogP contribution in [0.4, 0.5) is 5.69 Å². The quantitative estimate of drug-likeness (QED) is 0.553. The second-order valence-corrected chi connectivity index (χ2v) is 9.04. The van der Waals surface area contributed by atoms with E-state index in [1.165, 1.54) is 27.8 Å². The molecule has 2 aromatic heterocycles. The zero-order valence-corrected chi connectivity index (χ0v) is 17.8. The summed E-state index contributed by atoms with van der Waals surface area (Å²) in [5.41, 5.74) is 0.424. The Morgan fingerprint density at radius 2 is 2.00 bits per heavy atom. The van der Waals surface area contributed by atoms with Crippen molar-refractivity contribution in [3.8, 4) is 10.7 Å². The molecule has 0 aliphatic carbocycles. The SMILES string of the molecule is CCN(CC)S(=O)(=O)c1cccc(NC(=O)CCc2nc(-c3cccs3)no2)c1. The highest BCUT2D eigenvalue weighted by Crippen LogP contribution is 2.22. The molecule has 1 aromatic carbocycles. The summed E-state index contributed by atoms with van der Waals surface area (Å²) >= 11 is 1.51. The summed E-state index contributed by atoms with van der Waals surface area (Å²) < 4.78 is 31.8. The van der Waals surface area contributed by atoms with Crippen LogP contribution in [0.3, 0.4) is 0 Å². The third-order valence-electron chi connectivity index (χ3n) is 4.24. The topological polar surface area (TPSA) is 105 Å². The van der Waals surface area contributed by atoms with Gasteiger partial charge < -0.3 is 9.84 Å². The number of anilines is 1. The number of benzene rings is 1. The maximum Gasteiger partial charge on any atom is 0.243 e. The number of rotatable bonds is 9. The molecule has 0 aliphatic heterocycles. The van der Waals surface area contributed by atoms with E-state index in [9.17, 15) is 13.2 Å². The summed E-state index contributed by atoms with van der Waals surface area (Å²) in [6.45, 7) is 4.34. The van der Waals surface area contributed by atoms with Crippen molar-refractivity contribution in [2.24, 2.45) is 0 Å². The Bertz CT molecular complexity index is 1060. The summed E-state index contributed by atoms with van der Waals surface area (Å²) in [6, 6.07) is 10.0. The molecule has 0 unspecified atom stereocenters. The molecule has 0 fully saturated rings. The summed E-state index contributed by atoms with van der Waals surface area (Å²) in [6.07, 6.45) is 0.431. The number of aryl methyl sites for hydroxylation is 1. The van der Waals surface area contributed by atoms with Crippen LogP contribution in [-0.2, 0) is 21.2 Å². The van der Waals surface area contributed by atoms with E-state index in [0.29, 0.717) is 36.9 Å². The summed E-state index contributed by atoms with van der Waals surface area (Å²) in [5.74, 6) is 0.615. The van der Waals surface area contributed by atoms with Gasteiger partial charge >= 0.3 is 0 Å². The van der Waals surface area contributed by atoms with Crippen LogP contribution < -0.4 is 5.32 Å². The van der Waals surface area contributed by atoms with Crippen LogP contribution in [-0.4, -0.2) is 41.9 Å². The van der Waals surface area contributed by atoms with Crippen LogP contribution >= 0.6 is 11.3 Å². The van der Waals surface area contributed by atoms with Crippen molar-refractivity contribution >= 4 is 33.0 Å². The molecule has 3 aromatic rings. The van der Waals surface area contributed by atoms with Gasteiger partial charge in [0.05, 0.1) is 9.77 Å². The highest BCUT2D eigenvalue weighted by atomic mass is 32.2. The number of amides is 1. The number of carbonyl (C=O) groups is 1. The molecule has 1 amide bonds. The van der Waals surface area contributed by atoms with Gasteiger partial charge in [-0.25, -0.2) is 8.42 Å². The summed E-state index contributed by atoms with van der Waals surface area (Å²) in [4.78, 5) is 17.6. The Kier molecular flexibility index (Phi) is 6.78. The molecule has 0 radical (unpaired) electrons. The summed E-state index contributed by atoms with van der Waals surface area (Å²) in [5, 5.41) is 8.56. The van der Waals surface area contributed by atoms with Crippen molar-refractivity contribution in [3.05, 3.63) is 47.7 Å². The number of sulfonamides is 1. The normalized spacial score (nSPS) is 11.7. The lowest BCUT2D eigenvalue weighted by atomic mass is 10.2. The van der Waals surface area contributed by atoms with E-state index in [4.69, 9.17) is 4.52 Å². The average molecular weight is 435 g/mol. The van der Waals surface area contributed by atoms with E-state index in [1.54, 1.807) is 26.0 Å². The van der Waals surface area contributed by atoms with Crippen LogP contribution in [0.25, 0.3) is 10.7 Å². The van der Waals surface area contributed by atoms with Gasteiger partial charge in [-0.1, -0.05) is 31.1 Å². The van der Waals surface area contributed by atoms with Crippen LogP contribution in [0.2, 0.25) is 0 Å².